The highest BCUT2D eigenvalue weighted by molar-refractivity contribution is 7.17. The quantitative estimate of drug-likeness (QED) is 0.347. The zero-order valence-electron chi connectivity index (χ0n) is 20.9. The van der Waals surface area contributed by atoms with Crippen LogP contribution in [0.15, 0.2) is 23.7 Å². The van der Waals surface area contributed by atoms with Crippen molar-refractivity contribution in [2.75, 3.05) is 18.5 Å². The fourth-order valence-electron chi connectivity index (χ4n) is 4.25. The van der Waals surface area contributed by atoms with E-state index in [-0.39, 0.29) is 13.2 Å². The first-order valence-corrected chi connectivity index (χ1v) is 13.8. The summed E-state index contributed by atoms with van der Waals surface area (Å²) in [6.45, 7) is 5.41. The predicted molar refractivity (Wildman–Crippen MR) is 144 cm³/mol. The molecule has 1 amide bonds. The van der Waals surface area contributed by atoms with Gasteiger partial charge in [0, 0.05) is 23.7 Å². The highest BCUT2D eigenvalue weighted by Crippen LogP contribution is 2.35. The lowest BCUT2D eigenvalue weighted by atomic mass is 10.0. The predicted octanol–water partition coefficient (Wildman–Crippen LogP) is 4.21. The number of aromatic nitrogens is 3. The Morgan fingerprint density at radius 1 is 1.14 bits per heavy atom. The molecule has 0 aliphatic carbocycles. The van der Waals surface area contributed by atoms with E-state index in [1.165, 1.54) is 54.8 Å². The van der Waals surface area contributed by atoms with Gasteiger partial charge in [0.25, 0.3) is 0 Å². The van der Waals surface area contributed by atoms with Crippen LogP contribution in [0.1, 0.15) is 61.4 Å². The van der Waals surface area contributed by atoms with E-state index in [4.69, 9.17) is 10.2 Å². The maximum absolute atomic E-state index is 10.5. The van der Waals surface area contributed by atoms with E-state index < -0.39 is 6.10 Å². The number of piperidine rings is 1. The van der Waals surface area contributed by atoms with Gasteiger partial charge in [-0.2, -0.15) is 0 Å². The standard InChI is InChI=1S/C15H16N4OS2.C8H13NO.C2H6O2/c1-8-4-5-12(16-6-8)19-15-18-11(7-21-15)13-9(2)17-14(22-13)10(3)20;10-6-9-7-2-1-3-8(9)5-4-7;3-1-2-4/h4-7,10,20H,1-3H3,(H,16,18,19);6-8H,1-5H2;3-4H,1-2H2/t;7-,8+;. The summed E-state index contributed by atoms with van der Waals surface area (Å²) in [7, 11) is 0. The highest BCUT2D eigenvalue weighted by atomic mass is 32.1. The number of hydrogen-bond acceptors (Lipinski definition) is 10. The first-order chi connectivity index (χ1) is 17.4. The molecule has 0 spiro atoms. The van der Waals surface area contributed by atoms with Crippen molar-refractivity contribution in [2.24, 2.45) is 0 Å². The van der Waals surface area contributed by atoms with Crippen molar-refractivity contribution in [1.29, 1.82) is 0 Å². The summed E-state index contributed by atoms with van der Waals surface area (Å²) in [5.41, 5.74) is 2.89. The van der Waals surface area contributed by atoms with Gasteiger partial charge in [0.15, 0.2) is 5.13 Å². The van der Waals surface area contributed by atoms with Gasteiger partial charge in [0.2, 0.25) is 6.41 Å². The number of pyridine rings is 1. The topological polar surface area (TPSA) is 132 Å². The molecule has 2 fully saturated rings. The molecule has 1 unspecified atom stereocenters. The van der Waals surface area contributed by atoms with Crippen LogP contribution in [0, 0.1) is 13.8 Å². The van der Waals surface area contributed by atoms with Gasteiger partial charge in [-0.3, -0.25) is 4.79 Å². The van der Waals surface area contributed by atoms with E-state index >= 15 is 0 Å². The number of carbonyl (C=O) groups is 1. The van der Waals surface area contributed by atoms with Crippen molar-refractivity contribution in [3.8, 4) is 10.6 Å². The van der Waals surface area contributed by atoms with Crippen molar-refractivity contribution in [1.82, 2.24) is 19.9 Å². The number of amides is 1. The number of hydrogen-bond donors (Lipinski definition) is 4. The van der Waals surface area contributed by atoms with E-state index in [1.54, 1.807) is 6.92 Å². The van der Waals surface area contributed by atoms with Crippen LogP contribution < -0.4 is 5.32 Å². The van der Waals surface area contributed by atoms with Crippen molar-refractivity contribution in [2.45, 2.75) is 71.1 Å². The molecule has 196 valence electrons. The van der Waals surface area contributed by atoms with Gasteiger partial charge in [-0.15, -0.1) is 22.7 Å². The van der Waals surface area contributed by atoms with E-state index in [1.807, 2.05) is 42.5 Å². The molecule has 0 saturated carbocycles. The average Bonchev–Trinajstić information content (AvgIpc) is 3.56. The number of nitrogens with one attached hydrogen (secondary N) is 1. The second-order valence-electron chi connectivity index (χ2n) is 8.84. The molecule has 5 rings (SSSR count). The van der Waals surface area contributed by atoms with Crippen LogP contribution in [0.25, 0.3) is 10.6 Å². The molecule has 3 aromatic heterocycles. The summed E-state index contributed by atoms with van der Waals surface area (Å²) in [4.78, 5) is 26.9. The number of thiazole rings is 2. The molecule has 2 aliphatic rings. The van der Waals surface area contributed by atoms with Crippen LogP contribution in [-0.4, -0.2) is 66.9 Å². The van der Waals surface area contributed by atoms with Gasteiger partial charge < -0.3 is 25.5 Å². The van der Waals surface area contributed by atoms with Crippen LogP contribution in [0.5, 0.6) is 0 Å². The molecule has 11 heteroatoms. The summed E-state index contributed by atoms with van der Waals surface area (Å²) in [5.74, 6) is 0.775. The van der Waals surface area contributed by atoms with Crippen LogP contribution >= 0.6 is 22.7 Å². The fraction of sp³-hybridized carbons (Fsp3) is 0.520. The summed E-state index contributed by atoms with van der Waals surface area (Å²) in [6, 6.07) is 5.15. The summed E-state index contributed by atoms with van der Waals surface area (Å²) < 4.78 is 0. The van der Waals surface area contributed by atoms with Crippen molar-refractivity contribution < 1.29 is 20.1 Å². The summed E-state index contributed by atoms with van der Waals surface area (Å²) in [5, 5.41) is 31.6. The lowest BCUT2D eigenvalue weighted by Crippen LogP contribution is -2.38. The van der Waals surface area contributed by atoms with E-state index in [0.717, 1.165) is 44.2 Å². The van der Waals surface area contributed by atoms with Gasteiger partial charge in [-0.1, -0.05) is 6.07 Å². The van der Waals surface area contributed by atoms with Crippen LogP contribution in [0.2, 0.25) is 0 Å². The number of nitrogens with zero attached hydrogens (tertiary/aromatic N) is 4. The second kappa shape index (κ2) is 13.8. The molecule has 4 N–H and O–H groups in total. The van der Waals surface area contributed by atoms with Gasteiger partial charge in [-0.25, -0.2) is 15.0 Å². The van der Waals surface area contributed by atoms with Crippen LogP contribution in [-0.2, 0) is 4.79 Å². The monoisotopic (exact) mass is 533 g/mol. The normalized spacial score (nSPS) is 19.0. The first kappa shape index (κ1) is 28.1. The minimum atomic E-state index is -0.551. The number of rotatable bonds is 6. The second-order valence-corrected chi connectivity index (χ2v) is 10.7. The fourth-order valence-corrected chi connectivity index (χ4v) is 6.00. The zero-order chi connectivity index (χ0) is 26.1. The maximum Gasteiger partial charge on any atom is 0.210 e. The molecule has 0 radical (unpaired) electrons. The molecule has 2 bridgehead atoms. The molecule has 9 nitrogen and oxygen atoms in total. The first-order valence-electron chi connectivity index (χ1n) is 12.1. The van der Waals surface area contributed by atoms with Gasteiger partial charge in [-0.05, 0) is 64.5 Å². The van der Waals surface area contributed by atoms with Crippen molar-refractivity contribution >= 4 is 40.0 Å². The lowest BCUT2D eigenvalue weighted by Gasteiger charge is -2.30. The molecule has 3 aromatic rings. The number of carbonyl (C=O) groups excluding carboxylic acids is 1. The summed E-state index contributed by atoms with van der Waals surface area (Å²) in [6.07, 6.45) is 8.64. The van der Waals surface area contributed by atoms with E-state index in [2.05, 4.69) is 20.3 Å². The number of fused-ring (bicyclic) bond motifs is 2. The number of anilines is 2. The van der Waals surface area contributed by atoms with Crippen molar-refractivity contribution in [3.05, 3.63) is 40.0 Å². The van der Waals surface area contributed by atoms with Gasteiger partial charge >= 0.3 is 0 Å². The zero-order valence-corrected chi connectivity index (χ0v) is 22.6. The third-order valence-electron chi connectivity index (χ3n) is 6.03. The lowest BCUT2D eigenvalue weighted by molar-refractivity contribution is -0.121. The molecule has 0 aromatic carbocycles. The molecule has 2 aliphatic heterocycles. The van der Waals surface area contributed by atoms with Crippen LogP contribution in [0.3, 0.4) is 0 Å². The van der Waals surface area contributed by atoms with E-state index in [9.17, 15) is 9.90 Å². The van der Waals surface area contributed by atoms with Gasteiger partial charge in [0.05, 0.1) is 29.5 Å². The Labute approximate surface area is 219 Å². The Morgan fingerprint density at radius 2 is 1.83 bits per heavy atom. The molecule has 3 atom stereocenters. The maximum atomic E-state index is 10.5. The molecular formula is C25H35N5O4S2. The molecule has 36 heavy (non-hydrogen) atoms. The summed E-state index contributed by atoms with van der Waals surface area (Å²) >= 11 is 3.01. The Bertz CT molecular complexity index is 1070. The smallest absolute Gasteiger partial charge is 0.210 e. The minimum Gasteiger partial charge on any atom is -0.394 e. The Morgan fingerprint density at radius 3 is 2.33 bits per heavy atom. The van der Waals surface area contributed by atoms with E-state index in [0.29, 0.717) is 12.1 Å². The van der Waals surface area contributed by atoms with Gasteiger partial charge in [0.1, 0.15) is 16.9 Å². The largest absolute Gasteiger partial charge is 0.394 e. The third kappa shape index (κ3) is 7.53. The van der Waals surface area contributed by atoms with Crippen molar-refractivity contribution in [3.63, 3.8) is 0 Å². The average molecular weight is 534 g/mol. The third-order valence-corrected chi connectivity index (χ3v) is 8.13. The van der Waals surface area contributed by atoms with Crippen LogP contribution in [0.4, 0.5) is 10.9 Å². The SMILES string of the molecule is Cc1ccc(Nc2nc(-c3sc(C(C)O)nc3C)cs2)nc1.O=CN1[C@@H]2CCC[C@H]1CC2.OCCO. The number of aliphatic hydroxyl groups excluding tert-OH is 3. The minimum absolute atomic E-state index is 0.125. The Kier molecular flexibility index (Phi) is 10.7. The number of aliphatic hydroxyl groups is 3. The Balaban J connectivity index is 0.000000212. The molecular weight excluding hydrogens is 498 g/mol. The molecule has 5 heterocycles. The Hall–Kier alpha value is -2.44. The molecule has 2 saturated heterocycles. The number of aryl methyl sites for hydroxylation is 2. The highest BCUT2D eigenvalue weighted by Gasteiger charge is 2.35.